The maximum Gasteiger partial charge on any atom is 0.144 e. The second-order valence-corrected chi connectivity index (χ2v) is 3.43. The van der Waals surface area contributed by atoms with Gasteiger partial charge in [-0.05, 0) is 26.3 Å². The van der Waals surface area contributed by atoms with Crippen LogP contribution in [0.4, 0.5) is 0 Å². The molecule has 1 unspecified atom stereocenters. The summed E-state index contributed by atoms with van der Waals surface area (Å²) in [6, 6.07) is 0. The molecule has 3 nitrogen and oxygen atoms in total. The van der Waals surface area contributed by atoms with Crippen molar-refractivity contribution in [3.8, 4) is 0 Å². The van der Waals surface area contributed by atoms with Gasteiger partial charge in [0.05, 0.1) is 0 Å². The summed E-state index contributed by atoms with van der Waals surface area (Å²) in [5, 5.41) is 8.20. The van der Waals surface area contributed by atoms with E-state index in [1.165, 1.54) is 11.3 Å². The zero-order valence-corrected chi connectivity index (χ0v) is 7.92. The average Bonchev–Trinajstić information content (AvgIpc) is 2.51. The number of aryl methyl sites for hydroxylation is 1. The highest BCUT2D eigenvalue weighted by Crippen LogP contribution is 2.34. The first kappa shape index (κ1) is 7.53. The van der Waals surface area contributed by atoms with Crippen molar-refractivity contribution in [3.63, 3.8) is 0 Å². The van der Waals surface area contributed by atoms with Gasteiger partial charge >= 0.3 is 0 Å². The monoisotopic (exact) mass is 163 g/mol. The van der Waals surface area contributed by atoms with Crippen LogP contribution in [0.3, 0.4) is 0 Å². The first-order valence-electron chi connectivity index (χ1n) is 4.22. The second kappa shape index (κ2) is 2.19. The van der Waals surface area contributed by atoms with Crippen LogP contribution in [-0.4, -0.2) is 14.8 Å². The summed E-state index contributed by atoms with van der Waals surface area (Å²) in [7, 11) is 0. The average molecular weight is 163 g/mol. The summed E-state index contributed by atoms with van der Waals surface area (Å²) in [4.78, 5) is 0. The minimum absolute atomic E-state index is 0.436. The zero-order valence-electron chi connectivity index (χ0n) is 7.92. The fraction of sp³-hybridized carbons (Fsp3) is 0.556. The fourth-order valence-corrected chi connectivity index (χ4v) is 1.76. The van der Waals surface area contributed by atoms with Crippen molar-refractivity contribution in [2.24, 2.45) is 0 Å². The topological polar surface area (TPSA) is 30.7 Å². The van der Waals surface area contributed by atoms with Crippen LogP contribution in [-0.2, 0) is 0 Å². The Morgan fingerprint density at radius 2 is 1.83 bits per heavy atom. The number of aromatic nitrogens is 3. The molecule has 0 radical (unpaired) electrons. The minimum Gasteiger partial charge on any atom is -0.287 e. The van der Waals surface area contributed by atoms with E-state index in [1.807, 2.05) is 6.92 Å². The standard InChI is InChI=1S/C9H13N3/c1-5-6(2)9-11-10-8(4)12(9)7(5)3/h6H,1-4H3. The van der Waals surface area contributed by atoms with Crippen molar-refractivity contribution in [1.29, 1.82) is 0 Å². The second-order valence-electron chi connectivity index (χ2n) is 3.43. The molecule has 0 aliphatic carbocycles. The van der Waals surface area contributed by atoms with Gasteiger partial charge in [-0.25, -0.2) is 0 Å². The van der Waals surface area contributed by atoms with Gasteiger partial charge in [-0.2, -0.15) is 0 Å². The van der Waals surface area contributed by atoms with Gasteiger partial charge in [0, 0.05) is 11.6 Å². The summed E-state index contributed by atoms with van der Waals surface area (Å²) in [6.45, 7) is 8.45. The van der Waals surface area contributed by atoms with E-state index in [0.717, 1.165) is 11.6 Å². The van der Waals surface area contributed by atoms with Gasteiger partial charge < -0.3 is 0 Å². The molecule has 0 amide bonds. The third-order valence-electron chi connectivity index (χ3n) is 2.79. The number of fused-ring (bicyclic) bond motifs is 1. The summed E-state index contributed by atoms with van der Waals surface area (Å²) < 4.78 is 2.14. The molecule has 0 spiro atoms. The number of nitrogens with zero attached hydrogens (tertiary/aromatic N) is 3. The lowest BCUT2D eigenvalue weighted by Gasteiger charge is -1.99. The Hall–Kier alpha value is -1.12. The number of hydrogen-bond donors (Lipinski definition) is 0. The quantitative estimate of drug-likeness (QED) is 0.585. The van der Waals surface area contributed by atoms with Crippen molar-refractivity contribution >= 4 is 5.70 Å². The lowest BCUT2D eigenvalue weighted by molar-refractivity contribution is 0.822. The third kappa shape index (κ3) is 0.709. The van der Waals surface area contributed by atoms with Crippen LogP contribution in [0.25, 0.3) is 5.70 Å². The largest absolute Gasteiger partial charge is 0.287 e. The molecule has 0 bridgehead atoms. The predicted molar refractivity (Wildman–Crippen MR) is 47.7 cm³/mol. The summed E-state index contributed by atoms with van der Waals surface area (Å²) in [5.74, 6) is 2.51. The lowest BCUT2D eigenvalue weighted by atomic mass is 10.0. The Labute approximate surface area is 72.1 Å². The van der Waals surface area contributed by atoms with Crippen LogP contribution in [0.5, 0.6) is 0 Å². The molecule has 12 heavy (non-hydrogen) atoms. The first-order valence-corrected chi connectivity index (χ1v) is 4.22. The van der Waals surface area contributed by atoms with Gasteiger partial charge in [0.15, 0.2) is 0 Å². The SMILES string of the molecule is CC1=C(C)n2c(C)nnc2C1C. The number of allylic oxidation sites excluding steroid dienone is 2. The van der Waals surface area contributed by atoms with E-state index in [9.17, 15) is 0 Å². The Morgan fingerprint density at radius 3 is 2.42 bits per heavy atom. The lowest BCUT2D eigenvalue weighted by Crippen LogP contribution is -1.96. The van der Waals surface area contributed by atoms with Gasteiger partial charge in [0.2, 0.25) is 0 Å². The molecular formula is C9H13N3. The first-order chi connectivity index (χ1) is 5.63. The van der Waals surface area contributed by atoms with Crippen LogP contribution in [0.2, 0.25) is 0 Å². The highest BCUT2D eigenvalue weighted by Gasteiger charge is 2.26. The molecule has 0 N–H and O–H groups in total. The van der Waals surface area contributed by atoms with E-state index in [4.69, 9.17) is 0 Å². The highest BCUT2D eigenvalue weighted by atomic mass is 15.3. The molecule has 1 aliphatic rings. The van der Waals surface area contributed by atoms with Gasteiger partial charge in [0.25, 0.3) is 0 Å². The van der Waals surface area contributed by atoms with Gasteiger partial charge in [-0.15, -0.1) is 10.2 Å². The molecule has 64 valence electrons. The molecule has 0 saturated heterocycles. The summed E-state index contributed by atoms with van der Waals surface area (Å²) in [5.41, 5.74) is 2.70. The number of hydrogen-bond acceptors (Lipinski definition) is 2. The van der Waals surface area contributed by atoms with Crippen molar-refractivity contribution < 1.29 is 0 Å². The predicted octanol–water partition coefficient (Wildman–Crippen LogP) is 1.95. The van der Waals surface area contributed by atoms with E-state index in [-0.39, 0.29) is 0 Å². The molecule has 0 aromatic carbocycles. The Kier molecular flexibility index (Phi) is 1.37. The van der Waals surface area contributed by atoms with E-state index in [0.29, 0.717) is 5.92 Å². The Balaban J connectivity index is 2.68. The van der Waals surface area contributed by atoms with Crippen molar-refractivity contribution in [3.05, 3.63) is 17.2 Å². The molecule has 2 rings (SSSR count). The van der Waals surface area contributed by atoms with Crippen molar-refractivity contribution in [1.82, 2.24) is 14.8 Å². The molecule has 1 aromatic rings. The molecule has 1 aromatic heterocycles. The molecular weight excluding hydrogens is 150 g/mol. The minimum atomic E-state index is 0.436. The van der Waals surface area contributed by atoms with Crippen LogP contribution >= 0.6 is 0 Å². The normalized spacial score (nSPS) is 21.8. The smallest absolute Gasteiger partial charge is 0.144 e. The van der Waals surface area contributed by atoms with Crippen LogP contribution in [0, 0.1) is 6.92 Å². The fourth-order valence-electron chi connectivity index (χ4n) is 1.76. The Morgan fingerprint density at radius 1 is 1.17 bits per heavy atom. The van der Waals surface area contributed by atoms with Crippen LogP contribution in [0.15, 0.2) is 5.57 Å². The van der Waals surface area contributed by atoms with Crippen LogP contribution < -0.4 is 0 Å². The Bertz CT molecular complexity index is 360. The van der Waals surface area contributed by atoms with Gasteiger partial charge in [0.1, 0.15) is 11.6 Å². The summed E-state index contributed by atoms with van der Waals surface area (Å²) >= 11 is 0. The molecule has 1 atom stereocenters. The molecule has 3 heteroatoms. The molecule has 0 saturated carbocycles. The van der Waals surface area contributed by atoms with Gasteiger partial charge in [-0.3, -0.25) is 4.57 Å². The molecule has 2 heterocycles. The van der Waals surface area contributed by atoms with E-state index >= 15 is 0 Å². The van der Waals surface area contributed by atoms with Crippen LogP contribution in [0.1, 0.15) is 38.3 Å². The van der Waals surface area contributed by atoms with E-state index < -0.39 is 0 Å². The van der Waals surface area contributed by atoms with Crippen molar-refractivity contribution in [2.75, 3.05) is 0 Å². The summed E-state index contributed by atoms with van der Waals surface area (Å²) in [6.07, 6.45) is 0. The van der Waals surface area contributed by atoms with E-state index in [2.05, 4.69) is 35.5 Å². The number of rotatable bonds is 0. The van der Waals surface area contributed by atoms with Crippen molar-refractivity contribution in [2.45, 2.75) is 33.6 Å². The molecule has 1 aliphatic heterocycles. The highest BCUT2D eigenvalue weighted by molar-refractivity contribution is 5.57. The maximum absolute atomic E-state index is 4.15. The third-order valence-corrected chi connectivity index (χ3v) is 2.79. The zero-order chi connectivity index (χ0) is 8.88. The molecule has 0 fully saturated rings. The van der Waals surface area contributed by atoms with E-state index in [1.54, 1.807) is 0 Å². The van der Waals surface area contributed by atoms with Gasteiger partial charge in [-0.1, -0.05) is 6.92 Å². The maximum atomic E-state index is 4.15.